The number of halogens is 2. The number of aromatic nitrogens is 1. The largest absolute Gasteiger partial charge is 0.355 e. The zero-order valence-electron chi connectivity index (χ0n) is 17.3. The van der Waals surface area contributed by atoms with Gasteiger partial charge in [0.15, 0.2) is 0 Å². The van der Waals surface area contributed by atoms with E-state index in [1.54, 1.807) is 53.6 Å². The van der Waals surface area contributed by atoms with E-state index < -0.39 is 5.82 Å². The van der Waals surface area contributed by atoms with Gasteiger partial charge in [0.25, 0.3) is 11.8 Å². The van der Waals surface area contributed by atoms with Gasteiger partial charge in [0, 0.05) is 42.3 Å². The first kappa shape index (κ1) is 21.8. The number of nitrogens with zero attached hydrogens (tertiary/aromatic N) is 3. The van der Waals surface area contributed by atoms with Crippen molar-refractivity contribution in [1.29, 1.82) is 0 Å². The summed E-state index contributed by atoms with van der Waals surface area (Å²) in [6.45, 7) is 2.48. The summed E-state index contributed by atoms with van der Waals surface area (Å²) in [6.07, 6.45) is 2.39. The van der Waals surface area contributed by atoms with Gasteiger partial charge in [-0.1, -0.05) is 17.7 Å². The van der Waals surface area contributed by atoms with Crippen molar-refractivity contribution in [2.24, 2.45) is 0 Å². The standard InChI is InChI=1S/C24H22ClFN4O2/c25-19-7-5-17(6-8-19)23(31)28-21-9-10-22(27-16-21)29-11-2-12-30(14-13-29)24(32)18-3-1-4-20(26)15-18/h1,3-10,15-16H,2,11-14H2,(H,28,31). The molecule has 3 aromatic rings. The summed E-state index contributed by atoms with van der Waals surface area (Å²) in [5.74, 6) is -0.0497. The zero-order chi connectivity index (χ0) is 22.5. The molecule has 32 heavy (non-hydrogen) atoms. The fraction of sp³-hybridized carbons (Fsp3) is 0.208. The average molecular weight is 453 g/mol. The van der Waals surface area contributed by atoms with Crippen molar-refractivity contribution in [3.8, 4) is 0 Å². The Bertz CT molecular complexity index is 1110. The van der Waals surface area contributed by atoms with E-state index in [0.717, 1.165) is 18.8 Å². The summed E-state index contributed by atoms with van der Waals surface area (Å²) >= 11 is 5.86. The quantitative estimate of drug-likeness (QED) is 0.634. The van der Waals surface area contributed by atoms with Gasteiger partial charge < -0.3 is 15.1 Å². The molecule has 164 valence electrons. The molecule has 6 nitrogen and oxygen atoms in total. The molecule has 1 aliphatic heterocycles. The van der Waals surface area contributed by atoms with Crippen LogP contribution in [0.25, 0.3) is 0 Å². The lowest BCUT2D eigenvalue weighted by atomic mass is 10.2. The van der Waals surface area contributed by atoms with Crippen molar-refractivity contribution >= 4 is 34.9 Å². The van der Waals surface area contributed by atoms with Crippen LogP contribution in [0, 0.1) is 5.82 Å². The lowest BCUT2D eigenvalue weighted by Crippen LogP contribution is -2.35. The molecule has 0 aliphatic carbocycles. The summed E-state index contributed by atoms with van der Waals surface area (Å²) in [4.78, 5) is 33.4. The van der Waals surface area contributed by atoms with Gasteiger partial charge in [-0.3, -0.25) is 9.59 Å². The topological polar surface area (TPSA) is 65.5 Å². The number of rotatable bonds is 4. The monoisotopic (exact) mass is 452 g/mol. The fourth-order valence-corrected chi connectivity index (χ4v) is 3.73. The molecule has 0 radical (unpaired) electrons. The van der Waals surface area contributed by atoms with Gasteiger partial charge in [-0.15, -0.1) is 0 Å². The Morgan fingerprint density at radius 1 is 0.938 bits per heavy atom. The van der Waals surface area contributed by atoms with Crippen molar-refractivity contribution in [2.45, 2.75) is 6.42 Å². The Morgan fingerprint density at radius 2 is 1.75 bits per heavy atom. The second kappa shape index (κ2) is 9.78. The minimum Gasteiger partial charge on any atom is -0.355 e. The van der Waals surface area contributed by atoms with Gasteiger partial charge in [-0.2, -0.15) is 0 Å². The van der Waals surface area contributed by atoms with E-state index in [2.05, 4.69) is 15.2 Å². The first-order valence-corrected chi connectivity index (χ1v) is 10.7. The SMILES string of the molecule is O=C(Nc1ccc(N2CCCN(C(=O)c3cccc(F)c3)CC2)nc1)c1ccc(Cl)cc1. The second-order valence-corrected chi connectivity index (χ2v) is 7.95. The highest BCUT2D eigenvalue weighted by atomic mass is 35.5. The van der Waals surface area contributed by atoms with Gasteiger partial charge in [-0.25, -0.2) is 9.37 Å². The number of benzene rings is 2. The molecule has 4 rings (SSSR count). The van der Waals surface area contributed by atoms with Gasteiger partial charge in [-0.05, 0) is 61.0 Å². The van der Waals surface area contributed by atoms with Crippen molar-refractivity contribution in [1.82, 2.24) is 9.88 Å². The molecule has 1 saturated heterocycles. The Morgan fingerprint density at radius 3 is 2.47 bits per heavy atom. The highest BCUT2D eigenvalue weighted by molar-refractivity contribution is 6.30. The molecule has 2 aromatic carbocycles. The van der Waals surface area contributed by atoms with E-state index in [-0.39, 0.29) is 11.8 Å². The Labute approximate surface area is 190 Å². The van der Waals surface area contributed by atoms with E-state index in [0.29, 0.717) is 41.5 Å². The van der Waals surface area contributed by atoms with E-state index in [4.69, 9.17) is 11.6 Å². The number of pyridine rings is 1. The number of nitrogens with one attached hydrogen (secondary N) is 1. The predicted octanol–water partition coefficient (Wildman–Crippen LogP) is 4.48. The molecule has 0 bridgehead atoms. The van der Waals surface area contributed by atoms with E-state index >= 15 is 0 Å². The Balaban J connectivity index is 1.36. The minimum atomic E-state index is -0.417. The van der Waals surface area contributed by atoms with E-state index in [9.17, 15) is 14.0 Å². The lowest BCUT2D eigenvalue weighted by Gasteiger charge is -2.23. The van der Waals surface area contributed by atoms with E-state index in [1.807, 2.05) is 6.07 Å². The highest BCUT2D eigenvalue weighted by Crippen LogP contribution is 2.18. The second-order valence-electron chi connectivity index (χ2n) is 7.51. The molecule has 2 heterocycles. The minimum absolute atomic E-state index is 0.167. The van der Waals surface area contributed by atoms with Crippen LogP contribution in [-0.4, -0.2) is 47.9 Å². The van der Waals surface area contributed by atoms with Crippen molar-refractivity contribution < 1.29 is 14.0 Å². The lowest BCUT2D eigenvalue weighted by molar-refractivity contribution is 0.0766. The number of carbonyl (C=O) groups is 2. The molecule has 8 heteroatoms. The van der Waals surface area contributed by atoms with Crippen molar-refractivity contribution in [3.05, 3.63) is 88.8 Å². The van der Waals surface area contributed by atoms with Crippen LogP contribution in [0.1, 0.15) is 27.1 Å². The van der Waals surface area contributed by atoms with Crippen molar-refractivity contribution in [2.75, 3.05) is 36.4 Å². The van der Waals surface area contributed by atoms with Crippen LogP contribution in [-0.2, 0) is 0 Å². The smallest absolute Gasteiger partial charge is 0.255 e. The molecule has 0 saturated carbocycles. The molecular formula is C24H22ClFN4O2. The summed E-state index contributed by atoms with van der Waals surface area (Å²) in [7, 11) is 0. The van der Waals surface area contributed by atoms with Crippen molar-refractivity contribution in [3.63, 3.8) is 0 Å². The van der Waals surface area contributed by atoms with Crippen LogP contribution < -0.4 is 10.2 Å². The average Bonchev–Trinajstić information content (AvgIpc) is 3.06. The maximum Gasteiger partial charge on any atom is 0.255 e. The van der Waals surface area contributed by atoms with Crippen LogP contribution in [0.2, 0.25) is 5.02 Å². The van der Waals surface area contributed by atoms with Gasteiger partial charge in [0.1, 0.15) is 11.6 Å². The molecule has 2 amide bonds. The summed E-state index contributed by atoms with van der Waals surface area (Å²) in [5.41, 5.74) is 1.46. The van der Waals surface area contributed by atoms with Crippen LogP contribution in [0.5, 0.6) is 0 Å². The number of amides is 2. The van der Waals surface area contributed by atoms with Crippen LogP contribution in [0.4, 0.5) is 15.9 Å². The van der Waals surface area contributed by atoms with Crippen LogP contribution in [0.15, 0.2) is 66.9 Å². The highest BCUT2D eigenvalue weighted by Gasteiger charge is 2.21. The van der Waals surface area contributed by atoms with Gasteiger partial charge in [0.05, 0.1) is 11.9 Å². The molecule has 0 atom stereocenters. The maximum absolute atomic E-state index is 13.5. The molecule has 1 fully saturated rings. The predicted molar refractivity (Wildman–Crippen MR) is 123 cm³/mol. The first-order chi connectivity index (χ1) is 15.5. The first-order valence-electron chi connectivity index (χ1n) is 10.3. The third-order valence-electron chi connectivity index (χ3n) is 5.29. The molecule has 1 aromatic heterocycles. The van der Waals surface area contributed by atoms with Crippen LogP contribution in [0.3, 0.4) is 0 Å². The maximum atomic E-state index is 13.5. The molecule has 1 aliphatic rings. The van der Waals surface area contributed by atoms with E-state index in [1.165, 1.54) is 12.1 Å². The molecule has 0 unspecified atom stereocenters. The Hall–Kier alpha value is -3.45. The fourth-order valence-electron chi connectivity index (χ4n) is 3.61. The number of hydrogen-bond acceptors (Lipinski definition) is 4. The molecular weight excluding hydrogens is 431 g/mol. The Kier molecular flexibility index (Phi) is 6.66. The summed E-state index contributed by atoms with van der Waals surface area (Å²) in [6, 6.07) is 16.1. The summed E-state index contributed by atoms with van der Waals surface area (Å²) in [5, 5.41) is 3.39. The normalized spacial score (nSPS) is 14.1. The third kappa shape index (κ3) is 5.23. The van der Waals surface area contributed by atoms with Gasteiger partial charge in [0.2, 0.25) is 0 Å². The number of anilines is 2. The third-order valence-corrected chi connectivity index (χ3v) is 5.54. The zero-order valence-corrected chi connectivity index (χ0v) is 18.1. The van der Waals surface area contributed by atoms with Gasteiger partial charge >= 0.3 is 0 Å². The molecule has 0 spiro atoms. The number of carbonyl (C=O) groups excluding carboxylic acids is 2. The number of hydrogen-bond donors (Lipinski definition) is 1. The van der Waals surface area contributed by atoms with Crippen LogP contribution >= 0.6 is 11.6 Å². The summed E-state index contributed by atoms with van der Waals surface area (Å²) < 4.78 is 13.5. The molecule has 1 N–H and O–H groups in total.